The van der Waals surface area contributed by atoms with Crippen molar-refractivity contribution in [2.45, 2.75) is 98.7 Å². The van der Waals surface area contributed by atoms with Gasteiger partial charge in [0, 0.05) is 33.1 Å². The van der Waals surface area contributed by atoms with Gasteiger partial charge in [-0.25, -0.2) is 9.55 Å². The number of fused-ring (bicyclic) bond motifs is 4. The van der Waals surface area contributed by atoms with Gasteiger partial charge in [0.15, 0.2) is 16.6 Å². The van der Waals surface area contributed by atoms with Crippen molar-refractivity contribution in [3.63, 3.8) is 0 Å². The lowest BCUT2D eigenvalue weighted by molar-refractivity contribution is -0.633. The first kappa shape index (κ1) is 28.9. The molecule has 0 N–H and O–H groups in total. The molecular weight excluding hydrogens is 623 g/mol. The van der Waals surface area contributed by atoms with Gasteiger partial charge in [-0.05, 0) is 121 Å². The predicted molar refractivity (Wildman–Crippen MR) is 213 cm³/mol. The van der Waals surface area contributed by atoms with Crippen molar-refractivity contribution in [1.82, 2.24) is 9.55 Å². The zero-order chi connectivity index (χ0) is 39.2. The van der Waals surface area contributed by atoms with Crippen LogP contribution >= 0.6 is 0 Å². The minimum atomic E-state index is -2.34. The number of imidazole rings is 1. The molecule has 8 rings (SSSR count). The first-order valence-corrected chi connectivity index (χ1v) is 18.6. The van der Waals surface area contributed by atoms with Gasteiger partial charge in [0.05, 0.1) is 7.05 Å². The molecule has 0 spiro atoms. The normalized spacial score (nSPS) is 17.3. The molecular formula is C47H52N3O+. The highest BCUT2D eigenvalue weighted by atomic mass is 16.3. The molecule has 260 valence electrons. The van der Waals surface area contributed by atoms with E-state index in [1.807, 2.05) is 6.07 Å². The second kappa shape index (κ2) is 12.5. The average Bonchev–Trinajstić information content (AvgIpc) is 3.66. The lowest BCUT2D eigenvalue weighted by Crippen LogP contribution is -2.30. The Hall–Kier alpha value is -4.70. The summed E-state index contributed by atoms with van der Waals surface area (Å²) < 4.78 is 44.6. The van der Waals surface area contributed by atoms with Gasteiger partial charge in [0.25, 0.3) is 5.82 Å². The number of pyridine rings is 1. The summed E-state index contributed by atoms with van der Waals surface area (Å²) in [7, 11) is 2.12. The van der Waals surface area contributed by atoms with Crippen LogP contribution in [0, 0.1) is 19.2 Å². The van der Waals surface area contributed by atoms with E-state index in [-0.39, 0.29) is 17.5 Å². The molecule has 0 radical (unpaired) electrons. The second-order valence-corrected chi connectivity index (χ2v) is 16.1. The molecule has 0 aliphatic heterocycles. The summed E-state index contributed by atoms with van der Waals surface area (Å²) in [6.45, 7) is 13.5. The molecule has 51 heavy (non-hydrogen) atoms. The molecule has 1 aliphatic carbocycles. The highest BCUT2D eigenvalue weighted by Crippen LogP contribution is 2.45. The molecule has 0 atom stereocenters. The van der Waals surface area contributed by atoms with E-state index in [0.717, 1.165) is 75.6 Å². The van der Waals surface area contributed by atoms with Crippen LogP contribution in [0.3, 0.4) is 0 Å². The quantitative estimate of drug-likeness (QED) is 0.164. The minimum Gasteiger partial charge on any atom is -0.437 e. The number of para-hydroxylation sites is 2. The van der Waals surface area contributed by atoms with Crippen LogP contribution in [0.15, 0.2) is 89.3 Å². The van der Waals surface area contributed by atoms with E-state index in [1.165, 1.54) is 22.4 Å². The largest absolute Gasteiger partial charge is 0.437 e. The van der Waals surface area contributed by atoms with E-state index < -0.39 is 12.7 Å². The van der Waals surface area contributed by atoms with Crippen LogP contribution in [0.25, 0.3) is 61.3 Å². The molecule has 0 bridgehead atoms. The van der Waals surface area contributed by atoms with Crippen molar-refractivity contribution < 1.29 is 14.5 Å². The fraction of sp³-hybridized carbons (Fsp3) is 0.362. The van der Waals surface area contributed by atoms with E-state index in [4.69, 9.17) is 8.53 Å². The summed E-state index contributed by atoms with van der Waals surface area (Å²) in [5.74, 6) is 0.870. The van der Waals surface area contributed by atoms with Gasteiger partial charge in [0.1, 0.15) is 11.3 Å². The monoisotopic (exact) mass is 678 g/mol. The maximum absolute atomic E-state index is 9.37. The molecule has 4 nitrogen and oxygen atoms in total. The number of aryl methyl sites for hydroxylation is 3. The lowest BCUT2D eigenvalue weighted by Gasteiger charge is -2.34. The molecule has 4 aromatic carbocycles. The lowest BCUT2D eigenvalue weighted by atomic mass is 9.71. The molecule has 7 aromatic rings. The Bertz CT molecular complexity index is 2570. The Balaban J connectivity index is 1.35. The molecule has 0 amide bonds. The highest BCUT2D eigenvalue weighted by molar-refractivity contribution is 6.09. The van der Waals surface area contributed by atoms with Crippen LogP contribution < -0.4 is 4.57 Å². The summed E-state index contributed by atoms with van der Waals surface area (Å²) in [5.41, 5.74) is 12.6. The van der Waals surface area contributed by atoms with Gasteiger partial charge < -0.3 is 4.42 Å². The average molecular weight is 679 g/mol. The van der Waals surface area contributed by atoms with Gasteiger partial charge >= 0.3 is 0 Å². The topological polar surface area (TPSA) is 34.8 Å². The van der Waals surface area contributed by atoms with Gasteiger partial charge in [-0.2, -0.15) is 4.57 Å². The third-order valence-electron chi connectivity index (χ3n) is 11.4. The van der Waals surface area contributed by atoms with Crippen LogP contribution in [0.5, 0.6) is 0 Å². The smallest absolute Gasteiger partial charge is 0.299 e. The van der Waals surface area contributed by atoms with Crippen LogP contribution in [0.1, 0.15) is 118 Å². The van der Waals surface area contributed by atoms with Crippen molar-refractivity contribution in [3.8, 4) is 28.2 Å². The van der Waals surface area contributed by atoms with Crippen molar-refractivity contribution >= 4 is 33.1 Å². The van der Waals surface area contributed by atoms with Gasteiger partial charge in [-0.3, -0.25) is 0 Å². The van der Waals surface area contributed by atoms with E-state index in [2.05, 4.69) is 142 Å². The summed E-state index contributed by atoms with van der Waals surface area (Å²) in [4.78, 5) is 4.50. The third kappa shape index (κ3) is 5.68. The number of nitrogens with zero attached hydrogens (tertiary/aromatic N) is 3. The molecule has 0 saturated heterocycles. The van der Waals surface area contributed by atoms with Crippen molar-refractivity contribution in [2.75, 3.05) is 0 Å². The number of hydrogen-bond donors (Lipinski definition) is 0. The van der Waals surface area contributed by atoms with E-state index >= 15 is 0 Å². The number of hydrogen-bond acceptors (Lipinski definition) is 2. The first-order valence-electron chi connectivity index (χ1n) is 20.6. The summed E-state index contributed by atoms with van der Waals surface area (Å²) >= 11 is 0. The molecule has 1 fully saturated rings. The number of benzene rings is 4. The molecule has 1 aliphatic rings. The van der Waals surface area contributed by atoms with Crippen molar-refractivity contribution in [1.29, 1.82) is 0 Å². The van der Waals surface area contributed by atoms with Crippen LogP contribution in [-0.4, -0.2) is 9.55 Å². The maximum Gasteiger partial charge on any atom is 0.299 e. The Labute approximate surface area is 308 Å². The second-order valence-electron chi connectivity index (χ2n) is 16.1. The SMILES string of the molecule is [2H]C([2H])([2H])c1ccc2c(n1)oc1c(-c3n(-c4c(C(C)C)cc(-c5ccc(C6([2H])CCC(C)(C)CC6)cc5)cc4C(C)C)c4ccccc4[n+]3C)c(C)ccc12. The highest BCUT2D eigenvalue weighted by Gasteiger charge is 2.34. The van der Waals surface area contributed by atoms with Crippen LogP contribution in [0.2, 0.25) is 0 Å². The van der Waals surface area contributed by atoms with Gasteiger partial charge in [0.2, 0.25) is 5.71 Å². The van der Waals surface area contributed by atoms with Crippen molar-refractivity contribution in [3.05, 3.63) is 113 Å². The standard InChI is InChI=1S/C47H52N3O/c1-28(2)38-26-35(33-18-16-32(17-19-33)34-22-24-47(7,8)25-23-34)27-39(29(3)4)43(38)50-41-13-11-10-12-40(41)49(9)46(50)42-30(5)14-20-36-37-21-15-31(6)48-45(37)51-44(36)42/h10-21,26-29,34H,22-25H2,1-9H3/q+1/i6D3,34D. The predicted octanol–water partition coefficient (Wildman–Crippen LogP) is 12.6. The number of furan rings is 1. The first-order chi connectivity index (χ1) is 26.0. The fourth-order valence-electron chi connectivity index (χ4n) is 8.32. The molecule has 0 unspecified atom stereocenters. The summed E-state index contributed by atoms with van der Waals surface area (Å²) in [5, 5.41) is 1.69. The minimum absolute atomic E-state index is 0.0205. The third-order valence-corrected chi connectivity index (χ3v) is 11.4. The molecule has 3 aromatic heterocycles. The molecule has 4 heteroatoms. The summed E-state index contributed by atoms with van der Waals surface area (Å²) in [6.07, 6.45) is 3.95. The zero-order valence-corrected chi connectivity index (χ0v) is 31.3. The summed E-state index contributed by atoms with van der Waals surface area (Å²) in [6, 6.07) is 29.7. The fourth-order valence-corrected chi connectivity index (χ4v) is 8.32. The Kier molecular flexibility index (Phi) is 7.10. The number of rotatable bonds is 6. The van der Waals surface area contributed by atoms with Crippen LogP contribution in [0.4, 0.5) is 0 Å². The number of aromatic nitrogens is 3. The Morgan fingerprint density at radius 1 is 0.863 bits per heavy atom. The Morgan fingerprint density at radius 3 is 2.20 bits per heavy atom. The maximum atomic E-state index is 9.37. The van der Waals surface area contributed by atoms with E-state index in [9.17, 15) is 1.37 Å². The van der Waals surface area contributed by atoms with Gasteiger partial charge in [-0.15, -0.1) is 0 Å². The molecule has 1 saturated carbocycles. The molecule has 3 heterocycles. The Morgan fingerprint density at radius 2 is 1.53 bits per heavy atom. The van der Waals surface area contributed by atoms with Crippen molar-refractivity contribution in [2.24, 2.45) is 12.5 Å². The van der Waals surface area contributed by atoms with E-state index in [1.54, 1.807) is 6.07 Å². The van der Waals surface area contributed by atoms with Gasteiger partial charge in [-0.1, -0.05) is 90.1 Å². The van der Waals surface area contributed by atoms with E-state index in [0.29, 0.717) is 16.7 Å². The van der Waals surface area contributed by atoms with Crippen LogP contribution in [-0.2, 0) is 7.05 Å². The zero-order valence-electron chi connectivity index (χ0n) is 35.3.